The molecule has 2 N–H and O–H groups in total. The van der Waals surface area contributed by atoms with Gasteiger partial charge in [0.15, 0.2) is 0 Å². The zero-order valence-electron chi connectivity index (χ0n) is 8.18. The van der Waals surface area contributed by atoms with Crippen molar-refractivity contribution in [2.24, 2.45) is 11.7 Å². The van der Waals surface area contributed by atoms with Crippen LogP contribution in [0.1, 0.15) is 33.6 Å². The highest BCUT2D eigenvalue weighted by Crippen LogP contribution is 2.19. The molecule has 0 spiro atoms. The van der Waals surface area contributed by atoms with Crippen molar-refractivity contribution in [1.29, 1.82) is 0 Å². The van der Waals surface area contributed by atoms with Gasteiger partial charge in [0.05, 0.1) is 6.61 Å². The fourth-order valence-electron chi connectivity index (χ4n) is 1.23. The number of ether oxygens (including phenoxy) is 1. The molecule has 0 aliphatic rings. The summed E-state index contributed by atoms with van der Waals surface area (Å²) in [6, 6.07) is 0. The topological polar surface area (TPSA) is 35.2 Å². The van der Waals surface area contributed by atoms with Gasteiger partial charge in [-0.15, -0.1) is 0 Å². The van der Waals surface area contributed by atoms with E-state index in [0.717, 1.165) is 19.4 Å². The largest absolute Gasteiger partial charge is 0.384 e. The zero-order chi connectivity index (χ0) is 8.91. The average Bonchev–Trinajstić information content (AvgIpc) is 1.88. The second-order valence-corrected chi connectivity index (χ2v) is 3.61. The van der Waals surface area contributed by atoms with E-state index < -0.39 is 0 Å². The standard InChI is InChI=1S/C9H21NO/c1-5-6-9(3,10)8(2)7-11-4/h8H,5-7,10H2,1-4H3. The highest BCUT2D eigenvalue weighted by molar-refractivity contribution is 4.83. The van der Waals surface area contributed by atoms with Crippen LogP contribution < -0.4 is 5.73 Å². The number of nitrogens with two attached hydrogens (primary N) is 1. The summed E-state index contributed by atoms with van der Waals surface area (Å²) in [7, 11) is 1.72. The monoisotopic (exact) mass is 159 g/mol. The van der Waals surface area contributed by atoms with Crippen LogP contribution in [0, 0.1) is 5.92 Å². The lowest BCUT2D eigenvalue weighted by molar-refractivity contribution is 0.117. The second kappa shape index (κ2) is 4.73. The van der Waals surface area contributed by atoms with Crippen molar-refractivity contribution >= 4 is 0 Å². The summed E-state index contributed by atoms with van der Waals surface area (Å²) < 4.78 is 5.06. The maximum absolute atomic E-state index is 6.08. The molecule has 2 heteroatoms. The van der Waals surface area contributed by atoms with E-state index in [1.165, 1.54) is 0 Å². The predicted octanol–water partition coefficient (Wildman–Crippen LogP) is 1.79. The molecule has 0 fully saturated rings. The van der Waals surface area contributed by atoms with Crippen molar-refractivity contribution < 1.29 is 4.74 Å². The molecule has 11 heavy (non-hydrogen) atoms. The number of rotatable bonds is 5. The normalized spacial score (nSPS) is 19.4. The van der Waals surface area contributed by atoms with Crippen LogP contribution in [0.15, 0.2) is 0 Å². The number of hydrogen-bond acceptors (Lipinski definition) is 2. The molecule has 0 aromatic rings. The lowest BCUT2D eigenvalue weighted by Gasteiger charge is -2.30. The van der Waals surface area contributed by atoms with Gasteiger partial charge in [-0.05, 0) is 19.3 Å². The number of hydrogen-bond donors (Lipinski definition) is 1. The van der Waals surface area contributed by atoms with E-state index in [2.05, 4.69) is 20.8 Å². The first kappa shape index (κ1) is 10.9. The van der Waals surface area contributed by atoms with Crippen LogP contribution >= 0.6 is 0 Å². The van der Waals surface area contributed by atoms with Crippen LogP contribution in [0.25, 0.3) is 0 Å². The maximum atomic E-state index is 6.08. The molecule has 0 aliphatic carbocycles. The minimum atomic E-state index is -0.0647. The molecule has 2 unspecified atom stereocenters. The fourth-order valence-corrected chi connectivity index (χ4v) is 1.23. The first-order valence-corrected chi connectivity index (χ1v) is 4.32. The van der Waals surface area contributed by atoms with Gasteiger partial charge >= 0.3 is 0 Å². The molecule has 0 bridgehead atoms. The van der Waals surface area contributed by atoms with Crippen molar-refractivity contribution in [3.05, 3.63) is 0 Å². The van der Waals surface area contributed by atoms with Gasteiger partial charge in [0.2, 0.25) is 0 Å². The average molecular weight is 159 g/mol. The van der Waals surface area contributed by atoms with Crippen LogP contribution in [0.5, 0.6) is 0 Å². The van der Waals surface area contributed by atoms with E-state index in [4.69, 9.17) is 10.5 Å². The summed E-state index contributed by atoms with van der Waals surface area (Å²) >= 11 is 0. The maximum Gasteiger partial charge on any atom is 0.0505 e. The summed E-state index contributed by atoms with van der Waals surface area (Å²) in [4.78, 5) is 0. The van der Waals surface area contributed by atoms with Crippen LogP contribution in [-0.2, 0) is 4.74 Å². The molecule has 0 aromatic heterocycles. The number of methoxy groups -OCH3 is 1. The Bertz CT molecular complexity index is 102. The zero-order valence-corrected chi connectivity index (χ0v) is 8.18. The fraction of sp³-hybridized carbons (Fsp3) is 1.00. The van der Waals surface area contributed by atoms with E-state index in [9.17, 15) is 0 Å². The molecule has 0 heterocycles. The second-order valence-electron chi connectivity index (χ2n) is 3.61. The molecule has 0 aromatic carbocycles. The summed E-state index contributed by atoms with van der Waals surface area (Å²) in [5.41, 5.74) is 6.01. The van der Waals surface area contributed by atoms with E-state index in [1.54, 1.807) is 7.11 Å². The predicted molar refractivity (Wildman–Crippen MR) is 48.5 cm³/mol. The van der Waals surface area contributed by atoms with E-state index in [-0.39, 0.29) is 5.54 Å². The van der Waals surface area contributed by atoms with Crippen molar-refractivity contribution in [2.75, 3.05) is 13.7 Å². The molecule has 0 amide bonds. The first-order chi connectivity index (χ1) is 5.04. The molecule has 0 saturated heterocycles. The summed E-state index contributed by atoms with van der Waals surface area (Å²) in [6.07, 6.45) is 2.21. The Balaban J connectivity index is 3.83. The van der Waals surface area contributed by atoms with Gasteiger partial charge in [-0.3, -0.25) is 0 Å². The molecule has 68 valence electrons. The molecule has 2 nitrogen and oxygen atoms in total. The third-order valence-electron chi connectivity index (χ3n) is 2.33. The van der Waals surface area contributed by atoms with Gasteiger partial charge in [-0.1, -0.05) is 20.3 Å². The molecule has 0 radical (unpaired) electrons. The third-order valence-corrected chi connectivity index (χ3v) is 2.33. The summed E-state index contributed by atoms with van der Waals surface area (Å²) in [5.74, 6) is 0.437. The van der Waals surface area contributed by atoms with E-state index >= 15 is 0 Å². The van der Waals surface area contributed by atoms with E-state index in [1.807, 2.05) is 0 Å². The molecule has 0 rings (SSSR count). The SMILES string of the molecule is CCCC(C)(N)C(C)COC. The highest BCUT2D eigenvalue weighted by Gasteiger charge is 2.24. The Morgan fingerprint density at radius 1 is 1.55 bits per heavy atom. The minimum absolute atomic E-state index is 0.0647. The van der Waals surface area contributed by atoms with Gasteiger partial charge in [0, 0.05) is 12.6 Å². The van der Waals surface area contributed by atoms with Crippen molar-refractivity contribution in [2.45, 2.75) is 39.2 Å². The van der Waals surface area contributed by atoms with E-state index in [0.29, 0.717) is 5.92 Å². The first-order valence-electron chi connectivity index (χ1n) is 4.32. The molecule has 0 saturated carbocycles. The quantitative estimate of drug-likeness (QED) is 0.663. The third kappa shape index (κ3) is 3.73. The van der Waals surface area contributed by atoms with Crippen molar-refractivity contribution in [3.63, 3.8) is 0 Å². The molecular weight excluding hydrogens is 138 g/mol. The van der Waals surface area contributed by atoms with Gasteiger partial charge in [0.1, 0.15) is 0 Å². The minimum Gasteiger partial charge on any atom is -0.384 e. The molecule has 2 atom stereocenters. The van der Waals surface area contributed by atoms with Gasteiger partial charge in [0.25, 0.3) is 0 Å². The molecule has 0 aliphatic heterocycles. The lowest BCUT2D eigenvalue weighted by atomic mass is 9.85. The summed E-state index contributed by atoms with van der Waals surface area (Å²) in [6.45, 7) is 7.15. The Hall–Kier alpha value is -0.0800. The highest BCUT2D eigenvalue weighted by atomic mass is 16.5. The van der Waals surface area contributed by atoms with Gasteiger partial charge in [-0.25, -0.2) is 0 Å². The van der Waals surface area contributed by atoms with Crippen LogP contribution in [0.2, 0.25) is 0 Å². The van der Waals surface area contributed by atoms with Crippen molar-refractivity contribution in [3.8, 4) is 0 Å². The van der Waals surface area contributed by atoms with Gasteiger partial charge < -0.3 is 10.5 Å². The Kier molecular flexibility index (Phi) is 4.69. The summed E-state index contributed by atoms with van der Waals surface area (Å²) in [5, 5.41) is 0. The Morgan fingerprint density at radius 2 is 2.09 bits per heavy atom. The molecular formula is C9H21NO. The van der Waals surface area contributed by atoms with Crippen LogP contribution in [-0.4, -0.2) is 19.3 Å². The smallest absolute Gasteiger partial charge is 0.0505 e. The van der Waals surface area contributed by atoms with Crippen molar-refractivity contribution in [1.82, 2.24) is 0 Å². The van der Waals surface area contributed by atoms with Crippen LogP contribution in [0.3, 0.4) is 0 Å². The Morgan fingerprint density at radius 3 is 2.45 bits per heavy atom. The Labute approximate surface area is 70.1 Å². The van der Waals surface area contributed by atoms with Gasteiger partial charge in [-0.2, -0.15) is 0 Å². The van der Waals surface area contributed by atoms with Crippen LogP contribution in [0.4, 0.5) is 0 Å². The lowest BCUT2D eigenvalue weighted by Crippen LogP contribution is -2.44.